The van der Waals surface area contributed by atoms with E-state index < -0.39 is 5.82 Å². The van der Waals surface area contributed by atoms with Gasteiger partial charge in [-0.2, -0.15) is 0 Å². The monoisotopic (exact) mass is 217 g/mol. The SMILES string of the molecule is CC(=O)c1cc(F)cc2c(C)cc(C)nc12. The first-order valence-corrected chi connectivity index (χ1v) is 5.07. The molecule has 0 atom stereocenters. The number of halogens is 1. The molecule has 0 saturated heterocycles. The maximum Gasteiger partial charge on any atom is 0.162 e. The van der Waals surface area contributed by atoms with Crippen molar-refractivity contribution >= 4 is 16.7 Å². The van der Waals surface area contributed by atoms with Crippen LogP contribution in [-0.2, 0) is 0 Å². The molecule has 0 saturated carbocycles. The highest BCUT2D eigenvalue weighted by molar-refractivity contribution is 6.06. The lowest BCUT2D eigenvalue weighted by molar-refractivity contribution is 0.101. The van der Waals surface area contributed by atoms with Gasteiger partial charge in [0.25, 0.3) is 0 Å². The summed E-state index contributed by atoms with van der Waals surface area (Å²) in [7, 11) is 0. The fourth-order valence-corrected chi connectivity index (χ4v) is 1.89. The molecule has 3 heteroatoms. The molecule has 0 spiro atoms. The highest BCUT2D eigenvalue weighted by atomic mass is 19.1. The normalized spacial score (nSPS) is 10.8. The summed E-state index contributed by atoms with van der Waals surface area (Å²) in [6.07, 6.45) is 0. The second-order valence-electron chi connectivity index (χ2n) is 3.99. The van der Waals surface area contributed by atoms with Crippen molar-refractivity contribution in [1.82, 2.24) is 4.98 Å². The minimum Gasteiger partial charge on any atom is -0.294 e. The molecule has 0 radical (unpaired) electrons. The zero-order chi connectivity index (χ0) is 11.9. The molecule has 1 heterocycles. The minimum absolute atomic E-state index is 0.165. The summed E-state index contributed by atoms with van der Waals surface area (Å²) in [5, 5.41) is 0.704. The molecular formula is C13H12FNO. The van der Waals surface area contributed by atoms with Gasteiger partial charge in [0, 0.05) is 16.6 Å². The summed E-state index contributed by atoms with van der Waals surface area (Å²) in [6.45, 7) is 5.17. The number of Topliss-reactive ketones (excluding diaryl/α,β-unsaturated/α-hetero) is 1. The number of fused-ring (bicyclic) bond motifs is 1. The third-order valence-electron chi connectivity index (χ3n) is 2.59. The van der Waals surface area contributed by atoms with Crippen molar-refractivity contribution in [3.8, 4) is 0 Å². The summed E-state index contributed by atoms with van der Waals surface area (Å²) in [4.78, 5) is 15.7. The van der Waals surface area contributed by atoms with Crippen molar-refractivity contribution < 1.29 is 9.18 Å². The van der Waals surface area contributed by atoms with Gasteiger partial charge in [-0.25, -0.2) is 4.39 Å². The summed E-state index contributed by atoms with van der Waals surface area (Å²) >= 11 is 0. The Kier molecular flexibility index (Phi) is 2.46. The number of rotatable bonds is 1. The predicted molar refractivity (Wildman–Crippen MR) is 61.2 cm³/mol. The highest BCUT2D eigenvalue weighted by Crippen LogP contribution is 2.23. The van der Waals surface area contributed by atoms with E-state index in [9.17, 15) is 9.18 Å². The zero-order valence-electron chi connectivity index (χ0n) is 9.47. The molecule has 16 heavy (non-hydrogen) atoms. The van der Waals surface area contributed by atoms with Crippen molar-refractivity contribution in [2.75, 3.05) is 0 Å². The van der Waals surface area contributed by atoms with Gasteiger partial charge in [0.05, 0.1) is 5.52 Å². The van der Waals surface area contributed by atoms with Gasteiger partial charge < -0.3 is 0 Å². The molecule has 2 aromatic rings. The summed E-state index contributed by atoms with van der Waals surface area (Å²) in [6, 6.07) is 4.55. The van der Waals surface area contributed by atoms with Gasteiger partial charge in [-0.05, 0) is 44.5 Å². The summed E-state index contributed by atoms with van der Waals surface area (Å²) in [5.41, 5.74) is 2.71. The van der Waals surface area contributed by atoms with Crippen LogP contribution in [0.1, 0.15) is 28.5 Å². The van der Waals surface area contributed by atoms with Crippen LogP contribution in [0, 0.1) is 19.7 Å². The molecule has 0 aliphatic heterocycles. The molecule has 0 aliphatic rings. The lowest BCUT2D eigenvalue weighted by Crippen LogP contribution is -1.99. The van der Waals surface area contributed by atoms with Gasteiger partial charge in [-0.3, -0.25) is 9.78 Å². The number of hydrogen-bond acceptors (Lipinski definition) is 2. The molecule has 2 rings (SSSR count). The van der Waals surface area contributed by atoms with Crippen LogP contribution in [0.4, 0.5) is 4.39 Å². The molecule has 1 aromatic heterocycles. The fourth-order valence-electron chi connectivity index (χ4n) is 1.89. The largest absolute Gasteiger partial charge is 0.294 e. The predicted octanol–water partition coefficient (Wildman–Crippen LogP) is 3.19. The Labute approximate surface area is 93.1 Å². The second-order valence-corrected chi connectivity index (χ2v) is 3.99. The Morgan fingerprint density at radius 1 is 1.25 bits per heavy atom. The average molecular weight is 217 g/mol. The number of hydrogen-bond donors (Lipinski definition) is 0. The molecule has 82 valence electrons. The van der Waals surface area contributed by atoms with Crippen molar-refractivity contribution in [2.24, 2.45) is 0 Å². The number of aryl methyl sites for hydroxylation is 2. The van der Waals surface area contributed by atoms with Gasteiger partial charge in [-0.15, -0.1) is 0 Å². The van der Waals surface area contributed by atoms with Crippen LogP contribution in [0.25, 0.3) is 10.9 Å². The van der Waals surface area contributed by atoms with Crippen LogP contribution in [0.2, 0.25) is 0 Å². The third-order valence-corrected chi connectivity index (χ3v) is 2.59. The summed E-state index contributed by atoms with van der Waals surface area (Å²) < 4.78 is 13.4. The molecule has 0 N–H and O–H groups in total. The highest BCUT2D eigenvalue weighted by Gasteiger charge is 2.11. The average Bonchev–Trinajstić information content (AvgIpc) is 2.18. The first-order chi connectivity index (χ1) is 7.49. The lowest BCUT2D eigenvalue weighted by Gasteiger charge is -2.07. The van der Waals surface area contributed by atoms with Crippen molar-refractivity contribution in [2.45, 2.75) is 20.8 Å². The van der Waals surface area contributed by atoms with Crippen LogP contribution in [-0.4, -0.2) is 10.8 Å². The van der Waals surface area contributed by atoms with E-state index in [0.29, 0.717) is 16.5 Å². The number of aromatic nitrogens is 1. The molecule has 0 fully saturated rings. The van der Waals surface area contributed by atoms with Crippen LogP contribution < -0.4 is 0 Å². The molecule has 0 amide bonds. The molecule has 0 bridgehead atoms. The standard InChI is InChI=1S/C13H12FNO/c1-7-4-8(2)15-13-11(7)5-10(14)6-12(13)9(3)16/h4-6H,1-3H3. The van der Waals surface area contributed by atoms with E-state index in [-0.39, 0.29) is 5.78 Å². The van der Waals surface area contributed by atoms with E-state index in [1.807, 2.05) is 19.9 Å². The van der Waals surface area contributed by atoms with Gasteiger partial charge in [-0.1, -0.05) is 0 Å². The van der Waals surface area contributed by atoms with Crippen molar-refractivity contribution in [3.05, 3.63) is 40.8 Å². The van der Waals surface area contributed by atoms with Gasteiger partial charge in [0.2, 0.25) is 0 Å². The van der Waals surface area contributed by atoms with E-state index in [1.165, 1.54) is 19.1 Å². The van der Waals surface area contributed by atoms with E-state index in [0.717, 1.165) is 11.3 Å². The Bertz CT molecular complexity index is 590. The number of carbonyl (C=O) groups excluding carboxylic acids is 1. The number of benzene rings is 1. The fraction of sp³-hybridized carbons (Fsp3) is 0.231. The molecule has 0 unspecified atom stereocenters. The van der Waals surface area contributed by atoms with Crippen molar-refractivity contribution in [1.29, 1.82) is 0 Å². The summed E-state index contributed by atoms with van der Waals surface area (Å²) in [5.74, 6) is -0.562. The van der Waals surface area contributed by atoms with Crippen LogP contribution in [0.5, 0.6) is 0 Å². The van der Waals surface area contributed by atoms with Gasteiger partial charge in [0.15, 0.2) is 5.78 Å². The zero-order valence-corrected chi connectivity index (χ0v) is 9.47. The quantitative estimate of drug-likeness (QED) is 0.686. The first-order valence-electron chi connectivity index (χ1n) is 5.07. The maximum atomic E-state index is 13.4. The maximum absolute atomic E-state index is 13.4. The number of nitrogens with zero attached hydrogens (tertiary/aromatic N) is 1. The van der Waals surface area contributed by atoms with E-state index >= 15 is 0 Å². The van der Waals surface area contributed by atoms with Crippen LogP contribution in [0.15, 0.2) is 18.2 Å². The second kappa shape index (κ2) is 3.67. The molecule has 1 aromatic carbocycles. The first kappa shape index (κ1) is 10.7. The van der Waals surface area contributed by atoms with Crippen molar-refractivity contribution in [3.63, 3.8) is 0 Å². The smallest absolute Gasteiger partial charge is 0.162 e. The minimum atomic E-state index is -0.397. The number of ketones is 1. The lowest BCUT2D eigenvalue weighted by atomic mass is 10.0. The van der Waals surface area contributed by atoms with Crippen LogP contribution in [0.3, 0.4) is 0 Å². The number of pyridine rings is 1. The van der Waals surface area contributed by atoms with Gasteiger partial charge >= 0.3 is 0 Å². The van der Waals surface area contributed by atoms with Gasteiger partial charge in [0.1, 0.15) is 5.82 Å². The number of carbonyl (C=O) groups is 1. The Balaban J connectivity index is 2.95. The van der Waals surface area contributed by atoms with E-state index in [4.69, 9.17) is 0 Å². The molecular weight excluding hydrogens is 205 g/mol. The Morgan fingerprint density at radius 3 is 2.56 bits per heavy atom. The molecule has 0 aliphatic carbocycles. The Morgan fingerprint density at radius 2 is 1.94 bits per heavy atom. The van der Waals surface area contributed by atoms with E-state index in [1.54, 1.807) is 0 Å². The van der Waals surface area contributed by atoms with E-state index in [2.05, 4.69) is 4.98 Å². The Hall–Kier alpha value is -1.77. The topological polar surface area (TPSA) is 30.0 Å². The molecule has 2 nitrogen and oxygen atoms in total. The van der Waals surface area contributed by atoms with Crippen LogP contribution >= 0.6 is 0 Å². The third kappa shape index (κ3) is 1.69.